The molecule has 0 spiro atoms. The lowest BCUT2D eigenvalue weighted by Crippen LogP contribution is -2.48. The van der Waals surface area contributed by atoms with Gasteiger partial charge in [0, 0.05) is 24.2 Å². The molecular weight excluding hydrogens is 531 g/mol. The van der Waals surface area contributed by atoms with E-state index in [1.165, 1.54) is 19.1 Å². The summed E-state index contributed by atoms with van der Waals surface area (Å²) in [6, 6.07) is 12.2. The zero-order chi connectivity index (χ0) is 26.5. The molecule has 2 atom stereocenters. The maximum absolute atomic E-state index is 13.2. The van der Waals surface area contributed by atoms with Crippen molar-refractivity contribution in [1.82, 2.24) is 4.90 Å². The van der Waals surface area contributed by atoms with Gasteiger partial charge in [-0.2, -0.15) is 0 Å². The summed E-state index contributed by atoms with van der Waals surface area (Å²) in [5.41, 5.74) is 2.10. The molecule has 3 rings (SSSR count). The van der Waals surface area contributed by atoms with Crippen LogP contribution in [0.5, 0.6) is 11.5 Å². The van der Waals surface area contributed by atoms with Crippen LogP contribution in [0.1, 0.15) is 37.4 Å². The van der Waals surface area contributed by atoms with E-state index in [1.807, 2.05) is 37.3 Å². The lowest BCUT2D eigenvalue weighted by molar-refractivity contribution is 0.0808. The maximum atomic E-state index is 13.2. The molecule has 2 aromatic carbocycles. The normalized spacial score (nSPS) is 17.1. The Balaban J connectivity index is 2.10. The molecule has 0 unspecified atom stereocenters. The van der Waals surface area contributed by atoms with Gasteiger partial charge in [-0.3, -0.25) is 9.80 Å². The van der Waals surface area contributed by atoms with Crippen molar-refractivity contribution in [3.05, 3.63) is 53.6 Å². The smallest absolute Gasteiger partial charge is 0.414 e. The van der Waals surface area contributed by atoms with E-state index in [1.54, 1.807) is 24.0 Å². The summed E-state index contributed by atoms with van der Waals surface area (Å²) in [6.45, 7) is 3.72. The Bertz CT molecular complexity index is 1060. The minimum absolute atomic E-state index is 0.223. The summed E-state index contributed by atoms with van der Waals surface area (Å²) in [6.07, 6.45) is -0.755. The van der Waals surface area contributed by atoms with Crippen LogP contribution in [0, 0.1) is 0 Å². The largest absolute Gasteiger partial charge is 0.493 e. The van der Waals surface area contributed by atoms with E-state index in [-0.39, 0.29) is 12.6 Å². The average Bonchev–Trinajstić information content (AvgIpc) is 2.85. The first-order chi connectivity index (χ1) is 17.1. The average molecular weight is 560 g/mol. The third kappa shape index (κ3) is 6.60. The third-order valence-electron chi connectivity index (χ3n) is 5.79. The molecule has 1 heterocycles. The van der Waals surface area contributed by atoms with Crippen molar-refractivity contribution in [2.75, 3.05) is 32.3 Å². The highest BCUT2D eigenvalue weighted by molar-refractivity contribution is 6.67. The number of halogens is 3. The van der Waals surface area contributed by atoms with Gasteiger partial charge in [0.15, 0.2) is 11.5 Å². The first kappa shape index (κ1) is 28.0. The predicted molar refractivity (Wildman–Crippen MR) is 139 cm³/mol. The molecule has 0 aliphatic carbocycles. The number of hydrogen-bond donors (Lipinski definition) is 0. The minimum atomic E-state index is -1.76. The molecule has 0 radical (unpaired) electrons. The Kier molecular flexibility index (Phi) is 9.44. The van der Waals surface area contributed by atoms with Crippen molar-refractivity contribution in [3.63, 3.8) is 0 Å². The van der Waals surface area contributed by atoms with Crippen LogP contribution in [0.25, 0.3) is 0 Å². The second-order valence-corrected chi connectivity index (χ2v) is 10.7. The first-order valence-corrected chi connectivity index (χ1v) is 12.5. The van der Waals surface area contributed by atoms with Crippen molar-refractivity contribution < 1.29 is 28.5 Å². The number of carbonyl (C=O) groups is 2. The predicted octanol–water partition coefficient (Wildman–Crippen LogP) is 6.51. The van der Waals surface area contributed by atoms with Crippen LogP contribution >= 0.6 is 34.8 Å². The number of amides is 2. The van der Waals surface area contributed by atoms with Crippen molar-refractivity contribution in [2.45, 2.75) is 42.7 Å². The third-order valence-corrected chi connectivity index (χ3v) is 6.11. The number of methoxy groups -OCH3 is 2. The Hall–Kier alpha value is -2.55. The molecule has 0 aromatic heterocycles. The van der Waals surface area contributed by atoms with Gasteiger partial charge in [-0.15, -0.1) is 0 Å². The highest BCUT2D eigenvalue weighted by Crippen LogP contribution is 2.46. The van der Waals surface area contributed by atoms with Crippen molar-refractivity contribution in [1.29, 1.82) is 0 Å². The standard InChI is InChI=1S/C25H29Cl3N2O6/c1-5-35-23(31)29(14-17-9-7-6-8-10-17)19-11-16(2)30(24(32)36-15-25(26,27)28)20-13-22(34-4)21(33-3)12-18(19)20/h6-10,12-13,16,19H,5,11,14-15H2,1-4H3/t16-,19+/m1/s1. The van der Waals surface area contributed by atoms with Gasteiger partial charge in [0.1, 0.15) is 6.61 Å². The zero-order valence-electron chi connectivity index (χ0n) is 20.5. The van der Waals surface area contributed by atoms with Crippen LogP contribution < -0.4 is 14.4 Å². The molecule has 0 N–H and O–H groups in total. The van der Waals surface area contributed by atoms with Crippen molar-refractivity contribution in [3.8, 4) is 11.5 Å². The molecule has 0 fully saturated rings. The summed E-state index contributed by atoms with van der Waals surface area (Å²) < 4.78 is 20.0. The minimum Gasteiger partial charge on any atom is -0.493 e. The van der Waals surface area contributed by atoms with Crippen molar-refractivity contribution in [2.24, 2.45) is 0 Å². The number of alkyl halides is 3. The van der Waals surface area contributed by atoms with E-state index in [9.17, 15) is 9.59 Å². The van der Waals surface area contributed by atoms with Gasteiger partial charge in [0.25, 0.3) is 0 Å². The number of ether oxygens (including phenoxy) is 4. The number of fused-ring (bicyclic) bond motifs is 1. The highest BCUT2D eigenvalue weighted by atomic mass is 35.6. The van der Waals surface area contributed by atoms with Gasteiger partial charge in [-0.25, -0.2) is 9.59 Å². The molecular formula is C25H29Cl3N2O6. The molecule has 8 nitrogen and oxygen atoms in total. The molecule has 2 amide bonds. The molecule has 36 heavy (non-hydrogen) atoms. The highest BCUT2D eigenvalue weighted by Gasteiger charge is 2.41. The van der Waals surface area contributed by atoms with Crippen LogP contribution in [0.4, 0.5) is 15.3 Å². The fourth-order valence-corrected chi connectivity index (χ4v) is 4.39. The number of rotatable bonds is 7. The zero-order valence-corrected chi connectivity index (χ0v) is 22.8. The number of nitrogens with zero attached hydrogens (tertiary/aromatic N) is 2. The topological polar surface area (TPSA) is 77.5 Å². The summed E-state index contributed by atoms with van der Waals surface area (Å²) in [7, 11) is 3.02. The van der Waals surface area contributed by atoms with Crippen LogP contribution in [0.15, 0.2) is 42.5 Å². The second kappa shape index (κ2) is 12.1. The molecule has 11 heteroatoms. The molecule has 0 saturated carbocycles. The lowest BCUT2D eigenvalue weighted by Gasteiger charge is -2.43. The van der Waals surface area contributed by atoms with Crippen molar-refractivity contribution >= 4 is 52.7 Å². The van der Waals surface area contributed by atoms with Gasteiger partial charge in [0.2, 0.25) is 3.79 Å². The number of anilines is 1. The number of benzene rings is 2. The molecule has 196 valence electrons. The Morgan fingerprint density at radius 1 is 1.06 bits per heavy atom. The van der Waals surface area contributed by atoms with Gasteiger partial charge in [0.05, 0.1) is 32.6 Å². The summed E-state index contributed by atoms with van der Waals surface area (Å²) in [5, 5.41) is 0. The van der Waals surface area contributed by atoms with E-state index in [2.05, 4.69) is 0 Å². The summed E-state index contributed by atoms with van der Waals surface area (Å²) in [5.74, 6) is 0.864. The quantitative estimate of drug-likeness (QED) is 0.360. The Morgan fingerprint density at radius 3 is 2.28 bits per heavy atom. The molecule has 2 aromatic rings. The van der Waals surface area contributed by atoms with E-state index >= 15 is 0 Å². The van der Waals surface area contributed by atoms with Crippen LogP contribution in [0.2, 0.25) is 0 Å². The van der Waals surface area contributed by atoms with Gasteiger partial charge >= 0.3 is 12.2 Å². The second-order valence-electron chi connectivity index (χ2n) is 8.22. The fourth-order valence-electron chi connectivity index (χ4n) is 4.23. The lowest BCUT2D eigenvalue weighted by atomic mass is 9.90. The Labute approximate surface area is 225 Å². The maximum Gasteiger partial charge on any atom is 0.414 e. The van der Waals surface area contributed by atoms with Gasteiger partial charge < -0.3 is 18.9 Å². The van der Waals surface area contributed by atoms with Gasteiger partial charge in [-0.05, 0) is 31.9 Å². The SMILES string of the molecule is CCOC(=O)N(Cc1ccccc1)[C@H]1C[C@@H](C)N(C(=O)OCC(Cl)(Cl)Cl)c2cc(OC)c(OC)cc21. The number of hydrogen-bond acceptors (Lipinski definition) is 6. The van der Waals surface area contributed by atoms with Crippen LogP contribution in [-0.2, 0) is 16.0 Å². The molecule has 0 saturated heterocycles. The molecule has 1 aliphatic rings. The number of carbonyl (C=O) groups excluding carboxylic acids is 2. The molecule has 1 aliphatic heterocycles. The van der Waals surface area contributed by atoms with Crippen LogP contribution in [-0.4, -0.2) is 54.4 Å². The fraction of sp³-hybridized carbons (Fsp3) is 0.440. The van der Waals surface area contributed by atoms with E-state index in [4.69, 9.17) is 53.8 Å². The Morgan fingerprint density at radius 2 is 1.69 bits per heavy atom. The van der Waals surface area contributed by atoms with Crippen LogP contribution in [0.3, 0.4) is 0 Å². The first-order valence-electron chi connectivity index (χ1n) is 11.4. The van der Waals surface area contributed by atoms with E-state index < -0.39 is 28.6 Å². The molecule has 0 bridgehead atoms. The summed E-state index contributed by atoms with van der Waals surface area (Å²) in [4.78, 5) is 29.4. The van der Waals surface area contributed by atoms with Gasteiger partial charge in [-0.1, -0.05) is 65.1 Å². The van der Waals surface area contributed by atoms with E-state index in [0.717, 1.165) is 5.56 Å². The van der Waals surface area contributed by atoms with E-state index in [0.29, 0.717) is 35.7 Å². The monoisotopic (exact) mass is 558 g/mol. The summed E-state index contributed by atoms with van der Waals surface area (Å²) >= 11 is 17.4.